The summed E-state index contributed by atoms with van der Waals surface area (Å²) in [5.41, 5.74) is -0.913. The molecular formula is C10H8ClF3O2S. The van der Waals surface area contributed by atoms with E-state index in [1.54, 1.807) is 0 Å². The lowest BCUT2D eigenvalue weighted by molar-refractivity contribution is -0.137. The first-order valence-electron chi connectivity index (χ1n) is 4.45. The fourth-order valence-corrected chi connectivity index (χ4v) is 1.73. The molecule has 0 spiro atoms. The van der Waals surface area contributed by atoms with Gasteiger partial charge in [0.05, 0.1) is 11.3 Å². The monoisotopic (exact) mass is 284 g/mol. The number of alkyl halides is 3. The van der Waals surface area contributed by atoms with E-state index in [4.69, 9.17) is 10.7 Å². The van der Waals surface area contributed by atoms with Crippen molar-refractivity contribution < 1.29 is 21.6 Å². The first kappa shape index (κ1) is 14.1. The predicted molar refractivity (Wildman–Crippen MR) is 60.1 cm³/mol. The Labute approximate surface area is 101 Å². The SMILES string of the molecule is O=S(=O)(Cl)C/C=C\c1ccccc1C(F)(F)F. The summed E-state index contributed by atoms with van der Waals surface area (Å²) < 4.78 is 58.8. The van der Waals surface area contributed by atoms with Crippen LogP contribution in [0.3, 0.4) is 0 Å². The maximum atomic E-state index is 12.5. The van der Waals surface area contributed by atoms with Crippen LogP contribution < -0.4 is 0 Å². The summed E-state index contributed by atoms with van der Waals surface area (Å²) >= 11 is 0. The first-order chi connectivity index (χ1) is 7.70. The summed E-state index contributed by atoms with van der Waals surface area (Å²) in [5.74, 6) is -0.513. The Balaban J connectivity index is 3.00. The molecule has 0 unspecified atom stereocenters. The molecule has 0 atom stereocenters. The van der Waals surface area contributed by atoms with E-state index in [1.165, 1.54) is 18.2 Å². The van der Waals surface area contributed by atoms with Crippen molar-refractivity contribution >= 4 is 25.8 Å². The van der Waals surface area contributed by atoms with E-state index in [9.17, 15) is 21.6 Å². The molecule has 94 valence electrons. The van der Waals surface area contributed by atoms with Crippen molar-refractivity contribution in [3.8, 4) is 0 Å². The van der Waals surface area contributed by atoms with Crippen molar-refractivity contribution in [3.05, 3.63) is 41.5 Å². The molecule has 0 aromatic heterocycles. The highest BCUT2D eigenvalue weighted by Crippen LogP contribution is 2.32. The molecule has 0 N–H and O–H groups in total. The summed E-state index contributed by atoms with van der Waals surface area (Å²) in [6.45, 7) is 0. The lowest BCUT2D eigenvalue weighted by Gasteiger charge is -2.09. The molecule has 1 aromatic carbocycles. The van der Waals surface area contributed by atoms with E-state index in [0.717, 1.165) is 18.2 Å². The molecule has 0 fully saturated rings. The van der Waals surface area contributed by atoms with Crippen LogP contribution in [-0.4, -0.2) is 14.2 Å². The minimum absolute atomic E-state index is 0.0969. The lowest BCUT2D eigenvalue weighted by atomic mass is 10.1. The van der Waals surface area contributed by atoms with Crippen LogP contribution in [0.4, 0.5) is 13.2 Å². The van der Waals surface area contributed by atoms with Crippen LogP contribution in [0.25, 0.3) is 6.08 Å². The summed E-state index contributed by atoms with van der Waals surface area (Å²) in [6.07, 6.45) is -2.31. The van der Waals surface area contributed by atoms with Gasteiger partial charge in [0.2, 0.25) is 9.05 Å². The zero-order chi connectivity index (χ0) is 13.1. The molecule has 0 radical (unpaired) electrons. The van der Waals surface area contributed by atoms with Crippen molar-refractivity contribution in [2.24, 2.45) is 0 Å². The van der Waals surface area contributed by atoms with Gasteiger partial charge in [-0.25, -0.2) is 8.42 Å². The van der Waals surface area contributed by atoms with Gasteiger partial charge in [-0.05, 0) is 11.6 Å². The van der Waals surface area contributed by atoms with Crippen molar-refractivity contribution in [1.82, 2.24) is 0 Å². The number of hydrogen-bond acceptors (Lipinski definition) is 2. The van der Waals surface area contributed by atoms with Crippen LogP contribution in [0, 0.1) is 0 Å². The van der Waals surface area contributed by atoms with Gasteiger partial charge in [0.15, 0.2) is 0 Å². The first-order valence-corrected chi connectivity index (χ1v) is 6.93. The standard InChI is InChI=1S/C10H8ClF3O2S/c11-17(15,16)7-3-5-8-4-1-2-6-9(8)10(12,13)14/h1-6H,7H2/b5-3-. The molecule has 0 saturated carbocycles. The second kappa shape index (κ2) is 5.10. The van der Waals surface area contributed by atoms with E-state index in [1.807, 2.05) is 0 Å². The molecule has 17 heavy (non-hydrogen) atoms. The molecule has 1 rings (SSSR count). The van der Waals surface area contributed by atoms with Crippen molar-refractivity contribution in [2.45, 2.75) is 6.18 Å². The Morgan fingerprint density at radius 2 is 1.82 bits per heavy atom. The van der Waals surface area contributed by atoms with E-state index in [2.05, 4.69) is 0 Å². The van der Waals surface area contributed by atoms with E-state index in [-0.39, 0.29) is 5.56 Å². The highest BCUT2D eigenvalue weighted by Gasteiger charge is 2.32. The van der Waals surface area contributed by atoms with Gasteiger partial charge in [0, 0.05) is 10.7 Å². The van der Waals surface area contributed by atoms with Gasteiger partial charge >= 0.3 is 6.18 Å². The van der Waals surface area contributed by atoms with Gasteiger partial charge in [-0.1, -0.05) is 30.4 Å². The second-order valence-corrected chi connectivity index (χ2v) is 6.01. The number of benzene rings is 1. The van der Waals surface area contributed by atoms with E-state index < -0.39 is 26.5 Å². The zero-order valence-corrected chi connectivity index (χ0v) is 9.98. The van der Waals surface area contributed by atoms with Crippen LogP contribution >= 0.6 is 10.7 Å². The molecule has 2 nitrogen and oxygen atoms in total. The van der Waals surface area contributed by atoms with E-state index in [0.29, 0.717) is 0 Å². The summed E-state index contributed by atoms with van der Waals surface area (Å²) in [5, 5.41) is 0. The third-order valence-electron chi connectivity index (χ3n) is 1.86. The summed E-state index contributed by atoms with van der Waals surface area (Å²) in [6, 6.07) is 4.87. The minimum Gasteiger partial charge on any atom is -0.212 e. The Morgan fingerprint density at radius 3 is 2.35 bits per heavy atom. The molecule has 0 amide bonds. The summed E-state index contributed by atoms with van der Waals surface area (Å²) in [4.78, 5) is 0. The largest absolute Gasteiger partial charge is 0.416 e. The van der Waals surface area contributed by atoms with Gasteiger partial charge in [-0.2, -0.15) is 13.2 Å². The van der Waals surface area contributed by atoms with Gasteiger partial charge in [0.25, 0.3) is 0 Å². The van der Waals surface area contributed by atoms with Crippen molar-refractivity contribution in [2.75, 3.05) is 5.75 Å². The highest BCUT2D eigenvalue weighted by atomic mass is 35.7. The Morgan fingerprint density at radius 1 is 1.24 bits per heavy atom. The lowest BCUT2D eigenvalue weighted by Crippen LogP contribution is -2.06. The van der Waals surface area contributed by atoms with Crippen LogP contribution in [0.1, 0.15) is 11.1 Å². The number of hydrogen-bond donors (Lipinski definition) is 0. The molecule has 7 heteroatoms. The van der Waals surface area contributed by atoms with Gasteiger partial charge in [0.1, 0.15) is 0 Å². The average Bonchev–Trinajstić information content (AvgIpc) is 2.15. The molecule has 0 aliphatic carbocycles. The van der Waals surface area contributed by atoms with Crippen LogP contribution in [0.5, 0.6) is 0 Å². The Hall–Kier alpha value is -1.01. The van der Waals surface area contributed by atoms with Crippen LogP contribution in [0.2, 0.25) is 0 Å². The minimum atomic E-state index is -4.47. The van der Waals surface area contributed by atoms with Crippen LogP contribution in [-0.2, 0) is 15.2 Å². The van der Waals surface area contributed by atoms with Crippen LogP contribution in [0.15, 0.2) is 30.3 Å². The predicted octanol–water partition coefficient (Wildman–Crippen LogP) is 3.29. The maximum absolute atomic E-state index is 12.5. The van der Waals surface area contributed by atoms with Crippen molar-refractivity contribution in [1.29, 1.82) is 0 Å². The van der Waals surface area contributed by atoms with Crippen molar-refractivity contribution in [3.63, 3.8) is 0 Å². The smallest absolute Gasteiger partial charge is 0.212 e. The average molecular weight is 285 g/mol. The Bertz CT molecular complexity index is 521. The molecule has 0 bridgehead atoms. The quantitative estimate of drug-likeness (QED) is 0.798. The molecule has 1 aromatic rings. The third kappa shape index (κ3) is 4.79. The van der Waals surface area contributed by atoms with Gasteiger partial charge in [-0.15, -0.1) is 0 Å². The van der Waals surface area contributed by atoms with Gasteiger partial charge in [-0.3, -0.25) is 0 Å². The molecule has 0 heterocycles. The fraction of sp³-hybridized carbons (Fsp3) is 0.200. The topological polar surface area (TPSA) is 34.1 Å². The number of halogens is 4. The van der Waals surface area contributed by atoms with E-state index >= 15 is 0 Å². The maximum Gasteiger partial charge on any atom is 0.416 e. The molecule has 0 aliphatic rings. The molecule has 0 aliphatic heterocycles. The van der Waals surface area contributed by atoms with Gasteiger partial charge < -0.3 is 0 Å². The second-order valence-electron chi connectivity index (χ2n) is 3.19. The summed E-state index contributed by atoms with van der Waals surface area (Å²) in [7, 11) is 1.19. The number of rotatable bonds is 3. The molecular weight excluding hydrogens is 277 g/mol. The fourth-order valence-electron chi connectivity index (χ4n) is 1.19. The zero-order valence-electron chi connectivity index (χ0n) is 8.41. The highest BCUT2D eigenvalue weighted by molar-refractivity contribution is 8.13. The normalized spacial score (nSPS) is 13.2. The third-order valence-corrected chi connectivity index (χ3v) is 2.83. The molecule has 0 saturated heterocycles. The Kier molecular flexibility index (Phi) is 4.21.